The summed E-state index contributed by atoms with van der Waals surface area (Å²) < 4.78 is 0. The number of carbonyl (C=O) groups is 2. The van der Waals surface area contributed by atoms with Crippen LogP contribution in [-0.4, -0.2) is 27.7 Å². The van der Waals surface area contributed by atoms with Crippen molar-refractivity contribution in [1.82, 2.24) is 9.88 Å². The summed E-state index contributed by atoms with van der Waals surface area (Å²) in [5.41, 5.74) is 5.94. The van der Waals surface area contributed by atoms with Crippen LogP contribution in [0.2, 0.25) is 0 Å². The molecule has 1 aliphatic heterocycles. The molecule has 0 saturated heterocycles. The molecule has 3 aromatic rings. The van der Waals surface area contributed by atoms with Crippen molar-refractivity contribution in [2.75, 3.05) is 0 Å². The molecule has 1 unspecified atom stereocenters. The van der Waals surface area contributed by atoms with Gasteiger partial charge >= 0.3 is 0 Å². The van der Waals surface area contributed by atoms with E-state index in [1.54, 1.807) is 12.1 Å². The van der Waals surface area contributed by atoms with Crippen molar-refractivity contribution in [1.29, 1.82) is 0 Å². The van der Waals surface area contributed by atoms with E-state index in [9.17, 15) is 9.59 Å². The summed E-state index contributed by atoms with van der Waals surface area (Å²) >= 11 is 0. The van der Waals surface area contributed by atoms with E-state index in [2.05, 4.69) is 30.1 Å². The second kappa shape index (κ2) is 5.06. The lowest BCUT2D eigenvalue weighted by Crippen LogP contribution is -2.43. The number of nitrogens with zero attached hydrogens (tertiary/aromatic N) is 1. The number of H-pyrrole nitrogens is 1. The second-order valence-electron chi connectivity index (χ2n) is 7.05. The van der Waals surface area contributed by atoms with E-state index < -0.39 is 0 Å². The number of benzene rings is 2. The molecule has 124 valence electrons. The molecule has 4 nitrogen and oxygen atoms in total. The molecule has 0 radical (unpaired) electrons. The van der Waals surface area contributed by atoms with Gasteiger partial charge in [-0.2, -0.15) is 0 Å². The van der Waals surface area contributed by atoms with Crippen LogP contribution in [0.4, 0.5) is 0 Å². The number of carbonyl (C=O) groups excluding carboxylic acids is 2. The van der Waals surface area contributed by atoms with E-state index >= 15 is 0 Å². The summed E-state index contributed by atoms with van der Waals surface area (Å²) in [6.07, 6.45) is 2.40. The van der Waals surface area contributed by atoms with Crippen molar-refractivity contribution >= 4 is 22.7 Å². The minimum Gasteiger partial charge on any atom is -0.358 e. The van der Waals surface area contributed by atoms with Crippen molar-refractivity contribution in [3.8, 4) is 0 Å². The van der Waals surface area contributed by atoms with Crippen LogP contribution in [-0.2, 0) is 12.8 Å². The molecule has 5 rings (SSSR count). The Labute approximate surface area is 145 Å². The smallest absolute Gasteiger partial charge is 0.261 e. The predicted molar refractivity (Wildman–Crippen MR) is 95.8 cm³/mol. The average Bonchev–Trinajstić information content (AvgIpc) is 3.10. The third-order valence-corrected chi connectivity index (χ3v) is 5.51. The third-order valence-electron chi connectivity index (χ3n) is 5.51. The summed E-state index contributed by atoms with van der Waals surface area (Å²) in [5.74, 6) is -0.297. The maximum Gasteiger partial charge on any atom is 0.261 e. The highest BCUT2D eigenvalue weighted by Gasteiger charge is 2.41. The van der Waals surface area contributed by atoms with Crippen LogP contribution < -0.4 is 0 Å². The van der Waals surface area contributed by atoms with Gasteiger partial charge in [-0.25, -0.2) is 0 Å². The van der Waals surface area contributed by atoms with Crippen LogP contribution in [0.1, 0.15) is 44.0 Å². The number of aryl methyl sites for hydroxylation is 2. The first-order valence-corrected chi connectivity index (χ1v) is 8.70. The first-order valence-electron chi connectivity index (χ1n) is 8.70. The summed E-state index contributed by atoms with van der Waals surface area (Å²) in [7, 11) is 0. The van der Waals surface area contributed by atoms with Crippen LogP contribution in [0, 0.1) is 6.92 Å². The van der Waals surface area contributed by atoms with E-state index in [1.807, 2.05) is 12.1 Å². The normalized spacial score (nSPS) is 19.4. The number of amides is 2. The Bertz CT molecular complexity index is 1010. The van der Waals surface area contributed by atoms with Crippen molar-refractivity contribution in [3.63, 3.8) is 0 Å². The van der Waals surface area contributed by atoms with E-state index in [0.29, 0.717) is 11.1 Å². The molecule has 25 heavy (non-hydrogen) atoms. The fraction of sp³-hybridized carbons (Fsp3) is 0.238. The zero-order valence-corrected chi connectivity index (χ0v) is 14.0. The zero-order chi connectivity index (χ0) is 17.1. The van der Waals surface area contributed by atoms with Gasteiger partial charge in [0.15, 0.2) is 0 Å². The number of hydrogen-bond acceptors (Lipinski definition) is 2. The summed E-state index contributed by atoms with van der Waals surface area (Å²) in [6, 6.07) is 13.5. The molecule has 1 aromatic heterocycles. The van der Waals surface area contributed by atoms with E-state index in [-0.39, 0.29) is 17.9 Å². The first kappa shape index (κ1) is 14.5. The number of fused-ring (bicyclic) bond motifs is 4. The number of aromatic nitrogens is 1. The number of nitrogens with one attached hydrogen (secondary N) is 1. The molecule has 0 saturated carbocycles. The number of hydrogen-bond donors (Lipinski definition) is 1. The number of imide groups is 1. The Morgan fingerprint density at radius 3 is 2.48 bits per heavy atom. The van der Waals surface area contributed by atoms with Gasteiger partial charge in [-0.15, -0.1) is 0 Å². The van der Waals surface area contributed by atoms with Crippen molar-refractivity contribution < 1.29 is 9.59 Å². The largest absolute Gasteiger partial charge is 0.358 e. The van der Waals surface area contributed by atoms with Gasteiger partial charge in [0.1, 0.15) is 0 Å². The molecule has 4 heteroatoms. The molecule has 1 aliphatic carbocycles. The lowest BCUT2D eigenvalue weighted by Gasteiger charge is -2.29. The third kappa shape index (κ3) is 2.00. The monoisotopic (exact) mass is 330 g/mol. The molecule has 2 aromatic carbocycles. The molecular weight excluding hydrogens is 312 g/mol. The topological polar surface area (TPSA) is 53.2 Å². The van der Waals surface area contributed by atoms with Gasteiger partial charge in [0, 0.05) is 22.6 Å². The fourth-order valence-electron chi connectivity index (χ4n) is 4.28. The van der Waals surface area contributed by atoms with Crippen LogP contribution in [0.15, 0.2) is 42.5 Å². The lowest BCUT2D eigenvalue weighted by molar-refractivity contribution is 0.0571. The van der Waals surface area contributed by atoms with E-state index in [0.717, 1.165) is 24.8 Å². The number of aromatic amines is 1. The van der Waals surface area contributed by atoms with Crippen molar-refractivity contribution in [2.45, 2.75) is 32.2 Å². The maximum atomic E-state index is 12.8. The van der Waals surface area contributed by atoms with E-state index in [4.69, 9.17) is 0 Å². The van der Waals surface area contributed by atoms with Gasteiger partial charge in [-0.05, 0) is 55.5 Å². The predicted octanol–water partition coefficient (Wildman–Crippen LogP) is 3.63. The van der Waals surface area contributed by atoms with Gasteiger partial charge in [0.2, 0.25) is 0 Å². The summed E-state index contributed by atoms with van der Waals surface area (Å²) in [5, 5.41) is 1.21. The van der Waals surface area contributed by atoms with Crippen LogP contribution >= 0.6 is 0 Å². The molecule has 0 spiro atoms. The highest BCUT2D eigenvalue weighted by Crippen LogP contribution is 2.34. The highest BCUT2D eigenvalue weighted by atomic mass is 16.2. The Balaban J connectivity index is 1.53. The van der Waals surface area contributed by atoms with Crippen LogP contribution in [0.5, 0.6) is 0 Å². The van der Waals surface area contributed by atoms with Crippen LogP contribution in [0.25, 0.3) is 10.9 Å². The standard InChI is InChI=1S/C21H18N2O2/c1-12-6-8-14-17-11-13(7-9-18(17)22-19(14)10-12)23-20(24)15-4-2-3-5-16(15)21(23)25/h2-6,8,10,13,22H,7,9,11H2,1H3. The SMILES string of the molecule is Cc1ccc2c3c([nH]c2c1)CCC(N1C(=O)c2ccccc2C1=O)C3. The molecule has 2 heterocycles. The molecule has 2 amide bonds. The van der Waals surface area contributed by atoms with E-state index in [1.165, 1.54) is 27.1 Å². The second-order valence-corrected chi connectivity index (χ2v) is 7.05. The fourth-order valence-corrected chi connectivity index (χ4v) is 4.28. The molecule has 1 N–H and O–H groups in total. The summed E-state index contributed by atoms with van der Waals surface area (Å²) in [6.45, 7) is 2.08. The molecule has 0 bridgehead atoms. The Hall–Kier alpha value is -2.88. The lowest BCUT2D eigenvalue weighted by atomic mass is 9.90. The van der Waals surface area contributed by atoms with Crippen molar-refractivity contribution in [2.24, 2.45) is 0 Å². The first-order chi connectivity index (χ1) is 12.1. The molecular formula is C21H18N2O2. The average molecular weight is 330 g/mol. The van der Waals surface area contributed by atoms with Gasteiger partial charge in [-0.1, -0.05) is 24.3 Å². The Morgan fingerprint density at radius 2 is 1.76 bits per heavy atom. The van der Waals surface area contributed by atoms with Gasteiger partial charge in [0.25, 0.3) is 11.8 Å². The van der Waals surface area contributed by atoms with Gasteiger partial charge in [-0.3, -0.25) is 14.5 Å². The maximum absolute atomic E-state index is 12.8. The minimum atomic E-state index is -0.148. The quantitative estimate of drug-likeness (QED) is 0.693. The number of rotatable bonds is 1. The highest BCUT2D eigenvalue weighted by molar-refractivity contribution is 6.21. The Morgan fingerprint density at radius 1 is 1.04 bits per heavy atom. The molecule has 0 fully saturated rings. The minimum absolute atomic E-state index is 0.0693. The molecule has 1 atom stereocenters. The van der Waals surface area contributed by atoms with Crippen LogP contribution in [0.3, 0.4) is 0 Å². The molecule has 2 aliphatic rings. The Kier molecular flexibility index (Phi) is 2.93. The van der Waals surface area contributed by atoms with Gasteiger partial charge in [0.05, 0.1) is 11.1 Å². The van der Waals surface area contributed by atoms with Crippen molar-refractivity contribution in [3.05, 3.63) is 70.4 Å². The van der Waals surface area contributed by atoms with Gasteiger partial charge < -0.3 is 4.98 Å². The summed E-state index contributed by atoms with van der Waals surface area (Å²) in [4.78, 5) is 30.5. The zero-order valence-electron chi connectivity index (χ0n) is 14.0.